The monoisotopic (exact) mass is 374 g/mol. The number of hydrogen-bond acceptors (Lipinski definition) is 5. The summed E-state index contributed by atoms with van der Waals surface area (Å²) >= 11 is 6.20. The zero-order chi connectivity index (χ0) is 18.8. The summed E-state index contributed by atoms with van der Waals surface area (Å²) in [6.45, 7) is 0.223. The third kappa shape index (κ3) is 3.41. The molecule has 26 heavy (non-hydrogen) atoms. The molecule has 3 aromatic rings. The minimum atomic E-state index is -0.215. The number of nitrogens with one attached hydrogen (secondary N) is 1. The van der Waals surface area contributed by atoms with Crippen molar-refractivity contribution in [1.82, 2.24) is 19.3 Å². The van der Waals surface area contributed by atoms with E-state index in [4.69, 9.17) is 11.6 Å². The molecule has 3 rings (SSSR count). The van der Waals surface area contributed by atoms with Crippen molar-refractivity contribution >= 4 is 39.9 Å². The average Bonchev–Trinajstić information content (AvgIpc) is 2.96. The molecule has 1 amide bonds. The first kappa shape index (κ1) is 17.9. The summed E-state index contributed by atoms with van der Waals surface area (Å²) in [7, 11) is 5.43. The SMILES string of the molecule is CN(C)c1c(Cl)cccc1NC(=O)CCn1cnc2c(cnn2C)c1=O. The molecule has 0 fully saturated rings. The first-order valence-electron chi connectivity index (χ1n) is 8.01. The summed E-state index contributed by atoms with van der Waals surface area (Å²) in [5, 5.41) is 7.86. The van der Waals surface area contributed by atoms with E-state index in [9.17, 15) is 9.59 Å². The summed E-state index contributed by atoms with van der Waals surface area (Å²) < 4.78 is 2.95. The van der Waals surface area contributed by atoms with Gasteiger partial charge in [-0.05, 0) is 12.1 Å². The molecule has 0 aliphatic carbocycles. The number of aromatic nitrogens is 4. The molecule has 1 N–H and O–H groups in total. The van der Waals surface area contributed by atoms with Crippen LogP contribution in [0.4, 0.5) is 11.4 Å². The number of para-hydroxylation sites is 1. The summed E-state index contributed by atoms with van der Waals surface area (Å²) in [5.41, 5.74) is 1.66. The highest BCUT2D eigenvalue weighted by atomic mass is 35.5. The first-order chi connectivity index (χ1) is 12.4. The van der Waals surface area contributed by atoms with Crippen LogP contribution in [0.25, 0.3) is 11.0 Å². The van der Waals surface area contributed by atoms with E-state index in [0.717, 1.165) is 5.69 Å². The van der Waals surface area contributed by atoms with E-state index >= 15 is 0 Å². The topological polar surface area (TPSA) is 85.1 Å². The Morgan fingerprint density at radius 3 is 2.85 bits per heavy atom. The second kappa shape index (κ2) is 7.17. The summed E-state index contributed by atoms with van der Waals surface area (Å²) in [6.07, 6.45) is 3.05. The van der Waals surface area contributed by atoms with E-state index in [2.05, 4.69) is 15.4 Å². The normalized spacial score (nSPS) is 10.9. The second-order valence-electron chi connectivity index (χ2n) is 6.08. The number of carbonyl (C=O) groups excluding carboxylic acids is 1. The van der Waals surface area contributed by atoms with Crippen molar-refractivity contribution in [2.45, 2.75) is 13.0 Å². The van der Waals surface area contributed by atoms with Crippen LogP contribution in [0, 0.1) is 0 Å². The Morgan fingerprint density at radius 2 is 2.12 bits per heavy atom. The van der Waals surface area contributed by atoms with Crippen molar-refractivity contribution in [3.63, 3.8) is 0 Å². The first-order valence-corrected chi connectivity index (χ1v) is 8.39. The van der Waals surface area contributed by atoms with Crippen molar-refractivity contribution in [2.75, 3.05) is 24.3 Å². The number of hydrogen-bond donors (Lipinski definition) is 1. The van der Waals surface area contributed by atoms with Crippen LogP contribution < -0.4 is 15.8 Å². The third-order valence-electron chi connectivity index (χ3n) is 4.01. The fourth-order valence-electron chi connectivity index (χ4n) is 2.73. The summed E-state index contributed by atoms with van der Waals surface area (Å²) in [4.78, 5) is 30.8. The van der Waals surface area contributed by atoms with Crippen LogP contribution in [0.3, 0.4) is 0 Å². The molecular formula is C17H19ClN6O2. The van der Waals surface area contributed by atoms with Crippen LogP contribution in [-0.2, 0) is 18.4 Å². The standard InChI is InChI=1S/C17H19ClN6O2/c1-22(2)15-12(18)5-4-6-13(15)21-14(25)7-8-24-10-19-16-11(17(24)26)9-20-23(16)3/h4-6,9-10H,7-8H2,1-3H3,(H,21,25). The Labute approximate surface area is 155 Å². The van der Waals surface area contributed by atoms with Gasteiger partial charge in [0, 0.05) is 34.1 Å². The molecule has 0 saturated heterocycles. The molecule has 1 aromatic carbocycles. The summed E-state index contributed by atoms with van der Waals surface area (Å²) in [6, 6.07) is 5.32. The Morgan fingerprint density at radius 1 is 1.35 bits per heavy atom. The molecule has 0 spiro atoms. The van der Waals surface area contributed by atoms with Gasteiger partial charge in [0.15, 0.2) is 5.65 Å². The molecule has 0 atom stereocenters. The maximum absolute atomic E-state index is 12.4. The van der Waals surface area contributed by atoms with Crippen LogP contribution in [0.2, 0.25) is 5.02 Å². The van der Waals surface area contributed by atoms with Crippen molar-refractivity contribution in [2.24, 2.45) is 7.05 Å². The van der Waals surface area contributed by atoms with Crippen LogP contribution in [-0.4, -0.2) is 39.3 Å². The van der Waals surface area contributed by atoms with Gasteiger partial charge in [0.05, 0.1) is 28.9 Å². The number of nitrogens with zero attached hydrogens (tertiary/aromatic N) is 5. The Bertz CT molecular complexity index is 1020. The van der Waals surface area contributed by atoms with Crippen molar-refractivity contribution < 1.29 is 4.79 Å². The maximum Gasteiger partial charge on any atom is 0.264 e. The Hall–Kier alpha value is -2.87. The molecule has 0 radical (unpaired) electrons. The summed E-state index contributed by atoms with van der Waals surface area (Å²) in [5.74, 6) is -0.214. The van der Waals surface area contributed by atoms with E-state index < -0.39 is 0 Å². The number of carbonyl (C=O) groups is 1. The quantitative estimate of drug-likeness (QED) is 0.737. The minimum Gasteiger partial charge on any atom is -0.375 e. The van der Waals surface area contributed by atoms with Crippen LogP contribution in [0.5, 0.6) is 0 Å². The molecular weight excluding hydrogens is 356 g/mol. The number of anilines is 2. The predicted molar refractivity (Wildman–Crippen MR) is 102 cm³/mol. The smallest absolute Gasteiger partial charge is 0.264 e. The maximum atomic E-state index is 12.4. The van der Waals surface area contributed by atoms with Gasteiger partial charge in [-0.2, -0.15) is 5.10 Å². The van der Waals surface area contributed by atoms with Crippen molar-refractivity contribution in [3.8, 4) is 0 Å². The van der Waals surface area contributed by atoms with Crippen molar-refractivity contribution in [1.29, 1.82) is 0 Å². The number of fused-ring (bicyclic) bond motifs is 1. The zero-order valence-corrected chi connectivity index (χ0v) is 15.5. The highest BCUT2D eigenvalue weighted by Crippen LogP contribution is 2.32. The number of benzene rings is 1. The van der Waals surface area contributed by atoms with Crippen LogP contribution in [0.15, 0.2) is 35.5 Å². The van der Waals surface area contributed by atoms with Gasteiger partial charge in [-0.1, -0.05) is 17.7 Å². The number of rotatable bonds is 5. The lowest BCUT2D eigenvalue weighted by Crippen LogP contribution is -2.24. The molecule has 0 aliphatic heterocycles. The van der Waals surface area contributed by atoms with E-state index in [0.29, 0.717) is 21.7 Å². The molecule has 2 heterocycles. The lowest BCUT2D eigenvalue weighted by molar-refractivity contribution is -0.116. The second-order valence-corrected chi connectivity index (χ2v) is 6.48. The van der Waals surface area contributed by atoms with E-state index in [1.165, 1.54) is 21.8 Å². The van der Waals surface area contributed by atoms with Gasteiger partial charge in [0.1, 0.15) is 5.39 Å². The Balaban J connectivity index is 1.73. The minimum absolute atomic E-state index is 0.132. The lowest BCUT2D eigenvalue weighted by Gasteiger charge is -2.19. The lowest BCUT2D eigenvalue weighted by atomic mass is 10.2. The number of amides is 1. The van der Waals surface area contributed by atoms with E-state index in [1.54, 1.807) is 25.2 Å². The molecule has 136 valence electrons. The molecule has 8 nitrogen and oxygen atoms in total. The van der Waals surface area contributed by atoms with Gasteiger partial charge in [-0.3, -0.25) is 18.8 Å². The van der Waals surface area contributed by atoms with Gasteiger partial charge in [-0.15, -0.1) is 0 Å². The van der Waals surface area contributed by atoms with Gasteiger partial charge in [-0.25, -0.2) is 4.98 Å². The molecule has 2 aromatic heterocycles. The highest BCUT2D eigenvalue weighted by molar-refractivity contribution is 6.34. The van der Waals surface area contributed by atoms with Gasteiger partial charge in [0.2, 0.25) is 5.91 Å². The third-order valence-corrected chi connectivity index (χ3v) is 4.31. The predicted octanol–water partition coefficient (Wildman–Crippen LogP) is 1.88. The fourth-order valence-corrected chi connectivity index (χ4v) is 3.07. The zero-order valence-electron chi connectivity index (χ0n) is 14.7. The molecule has 0 aliphatic rings. The fraction of sp³-hybridized carbons (Fsp3) is 0.294. The van der Waals surface area contributed by atoms with Crippen LogP contribution in [0.1, 0.15) is 6.42 Å². The van der Waals surface area contributed by atoms with Gasteiger partial charge < -0.3 is 10.2 Å². The molecule has 0 unspecified atom stereocenters. The Kier molecular flexibility index (Phi) is 4.94. The number of halogens is 1. The van der Waals surface area contributed by atoms with Crippen LogP contribution >= 0.6 is 11.6 Å². The molecule has 0 bridgehead atoms. The van der Waals surface area contributed by atoms with Gasteiger partial charge in [0.25, 0.3) is 5.56 Å². The largest absolute Gasteiger partial charge is 0.375 e. The van der Waals surface area contributed by atoms with Gasteiger partial charge >= 0.3 is 0 Å². The molecule has 0 saturated carbocycles. The van der Waals surface area contributed by atoms with E-state index in [-0.39, 0.29) is 24.4 Å². The van der Waals surface area contributed by atoms with E-state index in [1.807, 2.05) is 19.0 Å². The highest BCUT2D eigenvalue weighted by Gasteiger charge is 2.13. The molecule has 9 heteroatoms. The van der Waals surface area contributed by atoms with Crippen molar-refractivity contribution in [3.05, 3.63) is 46.1 Å². The average molecular weight is 375 g/mol. The number of aryl methyl sites for hydroxylation is 2.